The van der Waals surface area contributed by atoms with Gasteiger partial charge >= 0.3 is 5.97 Å². The van der Waals surface area contributed by atoms with E-state index in [0.717, 1.165) is 44.2 Å². The maximum Gasteiger partial charge on any atom is 0.326 e. The second-order valence-corrected chi connectivity index (χ2v) is 15.1. The second-order valence-electron chi connectivity index (χ2n) is 14.2. The average Bonchev–Trinajstić information content (AvgIpc) is 3.22. The highest BCUT2D eigenvalue weighted by atomic mass is 32.2. The highest BCUT2D eigenvalue weighted by Crippen LogP contribution is 2.50. The van der Waals surface area contributed by atoms with Crippen molar-refractivity contribution < 1.29 is 29.4 Å². The molecule has 12 heteroatoms. The number of fused-ring (bicyclic) bond motifs is 1. The Balaban J connectivity index is 1.66. The molecule has 52 heavy (non-hydrogen) atoms. The molecule has 0 spiro atoms. The lowest BCUT2D eigenvalue weighted by molar-refractivity contribution is -0.142. The quantitative estimate of drug-likeness (QED) is 0.0579. The Labute approximate surface area is 311 Å². The number of rotatable bonds is 18. The first-order valence-corrected chi connectivity index (χ1v) is 19.4. The van der Waals surface area contributed by atoms with Crippen LogP contribution < -0.4 is 25.1 Å². The minimum absolute atomic E-state index is 0.0142. The summed E-state index contributed by atoms with van der Waals surface area (Å²) in [6.07, 6.45) is 7.48. The molecule has 282 valence electrons. The third-order valence-electron chi connectivity index (χ3n) is 9.54. The number of carbonyl (C=O) groups excluding carboxylic acids is 2. The molecule has 4 rings (SSSR count). The summed E-state index contributed by atoms with van der Waals surface area (Å²) in [6, 6.07) is 19.5. The zero-order valence-electron chi connectivity index (χ0n) is 31.0. The van der Waals surface area contributed by atoms with Gasteiger partial charge in [0.25, 0.3) is 5.91 Å². The Morgan fingerprint density at radius 1 is 0.981 bits per heavy atom. The number of ether oxygens (including phenoxy) is 1. The molecule has 1 heterocycles. The number of hydroxylamine groups is 2. The molecule has 0 saturated carbocycles. The van der Waals surface area contributed by atoms with Crippen molar-refractivity contribution in [1.82, 2.24) is 15.4 Å². The van der Waals surface area contributed by atoms with Gasteiger partial charge in [-0.25, -0.2) is 10.0 Å². The predicted molar refractivity (Wildman–Crippen MR) is 207 cm³/mol. The highest BCUT2D eigenvalue weighted by Gasteiger charge is 2.45. The molecule has 1 unspecified atom stereocenters. The van der Waals surface area contributed by atoms with E-state index in [1.807, 2.05) is 56.5 Å². The van der Waals surface area contributed by atoms with E-state index in [-0.39, 0.29) is 30.3 Å². The number of unbranched alkanes of at least 4 members (excludes halogenated alkanes) is 2. The van der Waals surface area contributed by atoms with Crippen LogP contribution in [-0.2, 0) is 14.4 Å². The van der Waals surface area contributed by atoms with Crippen molar-refractivity contribution in [2.24, 2.45) is 11.3 Å². The molecule has 0 aliphatic carbocycles. The number of carboxylic acid groups (broad SMARTS) is 1. The summed E-state index contributed by atoms with van der Waals surface area (Å²) in [5.41, 5.74) is 1.63. The Morgan fingerprint density at radius 2 is 1.60 bits per heavy atom. The molecule has 0 saturated heterocycles. The van der Waals surface area contributed by atoms with Crippen molar-refractivity contribution in [3.63, 3.8) is 0 Å². The van der Waals surface area contributed by atoms with Crippen LogP contribution >= 0.6 is 11.8 Å². The standard InChI is InChI=1S/C40H54N4O7S/c1-6-8-20-40(21-9-7-2)26-43(30-18-14-11-15-19-30)32-23-35(52-5)34(24-33(32)44(49,50)27-40)51-25-36(45)42-37(29-16-12-10-13-17-29)38(46)41-31(39(47)48)22-28(3)4/h10-19,23-24,28,31,37,49H,6-9,20-22,25-27H2,1-5H3,(H,41,46)(H,42,45)(H,47,48)/t31-,37+/m0/s1. The van der Waals surface area contributed by atoms with E-state index in [0.29, 0.717) is 22.7 Å². The molecule has 0 radical (unpaired) electrons. The number of anilines is 2. The molecule has 4 N–H and O–H groups in total. The van der Waals surface area contributed by atoms with Crippen molar-refractivity contribution in [3.8, 4) is 5.75 Å². The van der Waals surface area contributed by atoms with E-state index in [1.165, 1.54) is 17.8 Å². The summed E-state index contributed by atoms with van der Waals surface area (Å²) in [5.74, 6) is -2.18. The fraction of sp³-hybridized carbons (Fsp3) is 0.475. The van der Waals surface area contributed by atoms with Gasteiger partial charge in [-0.2, -0.15) is 4.81 Å². The zero-order valence-corrected chi connectivity index (χ0v) is 31.8. The third-order valence-corrected chi connectivity index (χ3v) is 10.3. The normalized spacial score (nSPS) is 17.8. The molecule has 0 fully saturated rings. The molecule has 0 bridgehead atoms. The van der Waals surface area contributed by atoms with E-state index in [1.54, 1.807) is 30.3 Å². The summed E-state index contributed by atoms with van der Waals surface area (Å²) in [6.45, 7) is 8.02. The number of amides is 2. The first kappa shape index (κ1) is 40.7. The highest BCUT2D eigenvalue weighted by molar-refractivity contribution is 7.98. The molecular weight excluding hydrogens is 681 g/mol. The van der Waals surface area contributed by atoms with E-state index >= 15 is 0 Å². The van der Waals surface area contributed by atoms with Crippen LogP contribution in [0.5, 0.6) is 5.75 Å². The summed E-state index contributed by atoms with van der Waals surface area (Å²) < 4.78 is 6.06. The van der Waals surface area contributed by atoms with Crippen LogP contribution in [0, 0.1) is 16.5 Å². The van der Waals surface area contributed by atoms with Gasteiger partial charge in [0.1, 0.15) is 30.1 Å². The Morgan fingerprint density at radius 3 is 2.15 bits per heavy atom. The zero-order chi connectivity index (χ0) is 37.9. The largest absolute Gasteiger partial charge is 0.593 e. The van der Waals surface area contributed by atoms with E-state index in [4.69, 9.17) is 4.74 Å². The summed E-state index contributed by atoms with van der Waals surface area (Å²) in [4.78, 5) is 40.0. The first-order chi connectivity index (χ1) is 24.8. The minimum Gasteiger partial charge on any atom is -0.593 e. The van der Waals surface area contributed by atoms with E-state index < -0.39 is 46.7 Å². The molecule has 11 nitrogen and oxygen atoms in total. The number of nitrogens with zero attached hydrogens (tertiary/aromatic N) is 2. The van der Waals surface area contributed by atoms with Crippen molar-refractivity contribution >= 4 is 46.6 Å². The van der Waals surface area contributed by atoms with Crippen molar-refractivity contribution in [2.75, 3.05) is 30.9 Å². The molecule has 3 aromatic rings. The molecule has 1 aliphatic rings. The maximum absolute atomic E-state index is 14.4. The number of nitrogens with one attached hydrogen (secondary N) is 2. The van der Waals surface area contributed by atoms with Crippen LogP contribution in [0.4, 0.5) is 17.1 Å². The minimum atomic E-state index is -1.58. The van der Waals surface area contributed by atoms with Crippen LogP contribution in [-0.4, -0.2) is 60.1 Å². The number of aliphatic carboxylic acids is 1. The van der Waals surface area contributed by atoms with Crippen LogP contribution in [0.3, 0.4) is 0 Å². The van der Waals surface area contributed by atoms with Crippen molar-refractivity contribution in [1.29, 1.82) is 0 Å². The lowest BCUT2D eigenvalue weighted by Gasteiger charge is -2.41. The lowest BCUT2D eigenvalue weighted by atomic mass is 9.77. The average molecular weight is 735 g/mol. The van der Waals surface area contributed by atoms with Gasteiger partial charge in [-0.1, -0.05) is 102 Å². The number of hydrogen-bond donors (Lipinski definition) is 4. The van der Waals surface area contributed by atoms with Crippen LogP contribution in [0.25, 0.3) is 0 Å². The molecule has 1 aliphatic heterocycles. The van der Waals surface area contributed by atoms with Crippen molar-refractivity contribution in [2.45, 2.75) is 89.6 Å². The second kappa shape index (κ2) is 18.6. The van der Waals surface area contributed by atoms with Crippen LogP contribution in [0.15, 0.2) is 77.7 Å². The number of carboxylic acids is 1. The Hall–Kier alpha value is -4.10. The number of quaternary nitrogens is 1. The van der Waals surface area contributed by atoms with Crippen LogP contribution in [0.2, 0.25) is 0 Å². The Kier molecular flexibility index (Phi) is 14.5. The number of thioether (sulfide) groups is 1. The SMILES string of the molecule is CCCCC1(CCCC)CN(c2ccccc2)c2cc(SC)c(OCC(=O)N[C@@H](C(=O)N[C@@H](CC(C)C)C(=O)O)c3ccccc3)cc2[N+]([O-])(O)C1. The van der Waals surface area contributed by atoms with Gasteiger partial charge in [0.05, 0.1) is 4.90 Å². The lowest BCUT2D eigenvalue weighted by Crippen LogP contribution is -2.49. The van der Waals surface area contributed by atoms with Gasteiger partial charge < -0.3 is 30.6 Å². The first-order valence-electron chi connectivity index (χ1n) is 18.2. The van der Waals surface area contributed by atoms with E-state index in [9.17, 15) is 29.9 Å². The smallest absolute Gasteiger partial charge is 0.326 e. The maximum atomic E-state index is 14.4. The molecule has 3 atom stereocenters. The van der Waals surface area contributed by atoms with Crippen LogP contribution in [0.1, 0.15) is 84.2 Å². The number of carbonyl (C=O) groups is 3. The van der Waals surface area contributed by atoms with Gasteiger partial charge in [0, 0.05) is 23.7 Å². The van der Waals surface area contributed by atoms with Crippen molar-refractivity contribution in [3.05, 3.63) is 83.6 Å². The molecule has 2 amide bonds. The number of hydrogen-bond acceptors (Lipinski definition) is 8. The molecule has 3 aromatic carbocycles. The van der Waals surface area contributed by atoms with Gasteiger partial charge in [-0.15, -0.1) is 11.8 Å². The monoisotopic (exact) mass is 734 g/mol. The summed E-state index contributed by atoms with van der Waals surface area (Å²) >= 11 is 1.39. The third kappa shape index (κ3) is 10.5. The van der Waals surface area contributed by atoms with Gasteiger partial charge in [-0.05, 0) is 55.2 Å². The fourth-order valence-corrected chi connectivity index (χ4v) is 7.49. The summed E-state index contributed by atoms with van der Waals surface area (Å²) in [7, 11) is 0. The van der Waals surface area contributed by atoms with Gasteiger partial charge in [0.15, 0.2) is 12.3 Å². The topological polar surface area (TPSA) is 151 Å². The predicted octanol–water partition coefficient (Wildman–Crippen LogP) is 7.97. The van der Waals surface area contributed by atoms with Gasteiger partial charge in [-0.3, -0.25) is 9.59 Å². The molecule has 0 aromatic heterocycles. The number of benzene rings is 3. The number of para-hydroxylation sites is 1. The van der Waals surface area contributed by atoms with Gasteiger partial charge in [0.2, 0.25) is 5.91 Å². The fourth-order valence-electron chi connectivity index (χ4n) is 6.94. The molecular formula is C40H54N4O7S. The summed E-state index contributed by atoms with van der Waals surface area (Å²) in [5, 5.41) is 41.2. The van der Waals surface area contributed by atoms with E-state index in [2.05, 4.69) is 29.4 Å². The Bertz CT molecular complexity index is 1630.